The van der Waals surface area contributed by atoms with Gasteiger partial charge in [0.25, 0.3) is 0 Å². The predicted octanol–water partition coefficient (Wildman–Crippen LogP) is 6.16. The van der Waals surface area contributed by atoms with E-state index < -0.39 is 6.04 Å². The Balaban J connectivity index is 1.99. The molecule has 3 aromatic rings. The maximum absolute atomic E-state index is 13.9. The summed E-state index contributed by atoms with van der Waals surface area (Å²) in [5.41, 5.74) is 5.20. The topological polar surface area (TPSA) is 49.4 Å². The normalized spacial score (nSPS) is 12.6. The zero-order chi connectivity index (χ0) is 25.4. The van der Waals surface area contributed by atoms with Gasteiger partial charge in [0.2, 0.25) is 11.8 Å². The monoisotopic (exact) mass is 534 g/mol. The minimum Gasteiger partial charge on any atom is -0.352 e. The van der Waals surface area contributed by atoms with Gasteiger partial charge in [0.1, 0.15) is 6.04 Å². The average Bonchev–Trinajstić information content (AvgIpc) is 2.85. The number of rotatable bonds is 10. The summed E-state index contributed by atoms with van der Waals surface area (Å²) in [6.07, 6.45) is 1.54. The number of amides is 2. The highest BCUT2D eigenvalue weighted by atomic mass is 79.9. The lowest BCUT2D eigenvalue weighted by Gasteiger charge is -2.32. The lowest BCUT2D eigenvalue weighted by atomic mass is 9.99. The smallest absolute Gasteiger partial charge is 0.243 e. The molecule has 0 heterocycles. The third-order valence-corrected chi connectivity index (χ3v) is 6.91. The summed E-state index contributed by atoms with van der Waals surface area (Å²) >= 11 is 3.49. The van der Waals surface area contributed by atoms with E-state index in [1.807, 2.05) is 88.4 Å². The number of carbonyl (C=O) groups excluding carboxylic acids is 2. The van der Waals surface area contributed by atoms with Crippen LogP contribution in [0.3, 0.4) is 0 Å². The van der Waals surface area contributed by atoms with Crippen molar-refractivity contribution in [2.45, 2.75) is 65.6 Å². The fourth-order valence-corrected chi connectivity index (χ4v) is 4.30. The summed E-state index contributed by atoms with van der Waals surface area (Å²) in [4.78, 5) is 29.2. The minimum absolute atomic E-state index is 0.0319. The second kappa shape index (κ2) is 12.7. The third-order valence-electron chi connectivity index (χ3n) is 6.38. The summed E-state index contributed by atoms with van der Waals surface area (Å²) in [5.74, 6) is -0.170. The molecule has 184 valence electrons. The van der Waals surface area contributed by atoms with E-state index in [2.05, 4.69) is 33.4 Å². The quantitative estimate of drug-likeness (QED) is 0.338. The van der Waals surface area contributed by atoms with Crippen LogP contribution >= 0.6 is 15.9 Å². The number of carbonyl (C=O) groups is 2. The van der Waals surface area contributed by atoms with Crippen LogP contribution in [-0.2, 0) is 29.0 Å². The Labute approximate surface area is 217 Å². The van der Waals surface area contributed by atoms with Crippen molar-refractivity contribution in [2.24, 2.45) is 0 Å². The van der Waals surface area contributed by atoms with E-state index in [9.17, 15) is 9.59 Å². The van der Waals surface area contributed by atoms with Crippen molar-refractivity contribution in [3.63, 3.8) is 0 Å². The van der Waals surface area contributed by atoms with E-state index in [1.165, 1.54) is 0 Å². The molecule has 0 radical (unpaired) electrons. The van der Waals surface area contributed by atoms with Crippen LogP contribution in [0.5, 0.6) is 0 Å². The van der Waals surface area contributed by atoms with E-state index in [1.54, 1.807) is 4.90 Å². The first-order chi connectivity index (χ1) is 16.8. The van der Waals surface area contributed by atoms with Crippen LogP contribution < -0.4 is 5.32 Å². The van der Waals surface area contributed by atoms with Crippen LogP contribution in [0, 0.1) is 13.8 Å². The van der Waals surface area contributed by atoms with Gasteiger partial charge < -0.3 is 10.2 Å². The molecule has 0 aromatic heterocycles. The standard InChI is InChI=1S/C30H35BrN2O2/c1-5-23(4)32-30(35)28(18-24-9-7-6-8-10-24)33(20-25-13-15-27(31)16-14-25)29(34)19-26-17-21(2)11-12-22(26)3/h6-17,23,28H,5,18-20H2,1-4H3,(H,32,35)/t23-,28+/m0/s1. The molecule has 0 fully saturated rings. The van der Waals surface area contributed by atoms with Gasteiger partial charge in [-0.1, -0.05) is 89.1 Å². The van der Waals surface area contributed by atoms with Gasteiger partial charge in [0.05, 0.1) is 6.42 Å². The molecule has 0 aliphatic heterocycles. The molecule has 2 amide bonds. The Morgan fingerprint density at radius 3 is 2.29 bits per heavy atom. The lowest BCUT2D eigenvalue weighted by molar-refractivity contribution is -0.141. The Hall–Kier alpha value is -2.92. The molecule has 2 atom stereocenters. The Bertz CT molecular complexity index is 1130. The molecule has 0 aliphatic carbocycles. The summed E-state index contributed by atoms with van der Waals surface area (Å²) in [6, 6.07) is 23.4. The molecule has 5 heteroatoms. The van der Waals surface area contributed by atoms with Gasteiger partial charge >= 0.3 is 0 Å². The third kappa shape index (κ3) is 7.79. The summed E-state index contributed by atoms with van der Waals surface area (Å²) in [5, 5.41) is 3.12. The van der Waals surface area contributed by atoms with Crippen molar-refractivity contribution in [3.8, 4) is 0 Å². The highest BCUT2D eigenvalue weighted by Crippen LogP contribution is 2.20. The fraction of sp³-hybridized carbons (Fsp3) is 0.333. The highest BCUT2D eigenvalue weighted by Gasteiger charge is 2.31. The van der Waals surface area contributed by atoms with Gasteiger partial charge in [0.15, 0.2) is 0 Å². The van der Waals surface area contributed by atoms with E-state index in [0.29, 0.717) is 13.0 Å². The molecule has 1 N–H and O–H groups in total. The maximum Gasteiger partial charge on any atom is 0.243 e. The van der Waals surface area contributed by atoms with Crippen molar-refractivity contribution < 1.29 is 9.59 Å². The summed E-state index contributed by atoms with van der Waals surface area (Å²) in [6.45, 7) is 8.46. The Morgan fingerprint density at radius 1 is 0.943 bits per heavy atom. The molecule has 0 unspecified atom stereocenters. The van der Waals surface area contributed by atoms with Gasteiger partial charge in [-0.2, -0.15) is 0 Å². The molecule has 0 saturated heterocycles. The molecule has 4 nitrogen and oxygen atoms in total. The molecule has 0 aliphatic rings. The van der Waals surface area contributed by atoms with E-state index in [4.69, 9.17) is 0 Å². The zero-order valence-corrected chi connectivity index (χ0v) is 22.6. The van der Waals surface area contributed by atoms with Crippen LogP contribution in [0.15, 0.2) is 77.3 Å². The molecule has 3 rings (SSSR count). The van der Waals surface area contributed by atoms with E-state index >= 15 is 0 Å². The number of hydrogen-bond acceptors (Lipinski definition) is 2. The second-order valence-electron chi connectivity index (χ2n) is 9.28. The molecule has 0 spiro atoms. The van der Waals surface area contributed by atoms with Gasteiger partial charge in [-0.05, 0) is 61.6 Å². The molecule has 35 heavy (non-hydrogen) atoms. The highest BCUT2D eigenvalue weighted by molar-refractivity contribution is 9.10. The first-order valence-corrected chi connectivity index (χ1v) is 13.0. The zero-order valence-electron chi connectivity index (χ0n) is 21.1. The van der Waals surface area contributed by atoms with Crippen molar-refractivity contribution in [2.75, 3.05) is 0 Å². The first kappa shape index (κ1) is 26.7. The number of halogens is 1. The lowest BCUT2D eigenvalue weighted by Crippen LogP contribution is -2.52. The number of benzene rings is 3. The summed E-state index contributed by atoms with van der Waals surface area (Å²) < 4.78 is 0.977. The van der Waals surface area contributed by atoms with E-state index in [-0.39, 0.29) is 24.3 Å². The van der Waals surface area contributed by atoms with Crippen molar-refractivity contribution in [1.82, 2.24) is 10.2 Å². The van der Waals surface area contributed by atoms with Gasteiger partial charge in [0, 0.05) is 23.5 Å². The molecule has 0 bridgehead atoms. The summed E-state index contributed by atoms with van der Waals surface area (Å²) in [7, 11) is 0. The van der Waals surface area contributed by atoms with Gasteiger partial charge in [-0.3, -0.25) is 9.59 Å². The predicted molar refractivity (Wildman–Crippen MR) is 146 cm³/mol. The number of hydrogen-bond donors (Lipinski definition) is 1. The SMILES string of the molecule is CC[C@H](C)NC(=O)[C@@H](Cc1ccccc1)N(Cc1ccc(Br)cc1)C(=O)Cc1cc(C)ccc1C. The average molecular weight is 536 g/mol. The minimum atomic E-state index is -0.618. The van der Waals surface area contributed by atoms with Gasteiger partial charge in [-0.25, -0.2) is 0 Å². The van der Waals surface area contributed by atoms with Crippen molar-refractivity contribution >= 4 is 27.7 Å². The van der Waals surface area contributed by atoms with Crippen LogP contribution in [0.1, 0.15) is 48.1 Å². The number of nitrogens with zero attached hydrogens (tertiary/aromatic N) is 1. The number of aryl methyl sites for hydroxylation is 2. The fourth-order valence-electron chi connectivity index (χ4n) is 4.04. The molecule has 3 aromatic carbocycles. The number of nitrogens with one attached hydrogen (secondary N) is 1. The largest absolute Gasteiger partial charge is 0.352 e. The van der Waals surface area contributed by atoms with Crippen LogP contribution in [0.2, 0.25) is 0 Å². The van der Waals surface area contributed by atoms with Crippen LogP contribution in [-0.4, -0.2) is 28.8 Å². The first-order valence-electron chi connectivity index (χ1n) is 12.2. The van der Waals surface area contributed by atoms with Crippen molar-refractivity contribution in [1.29, 1.82) is 0 Å². The van der Waals surface area contributed by atoms with Crippen LogP contribution in [0.4, 0.5) is 0 Å². The molecule has 0 saturated carbocycles. The Kier molecular flexibility index (Phi) is 9.67. The van der Waals surface area contributed by atoms with Crippen LogP contribution in [0.25, 0.3) is 0 Å². The Morgan fingerprint density at radius 2 is 1.63 bits per heavy atom. The van der Waals surface area contributed by atoms with Gasteiger partial charge in [-0.15, -0.1) is 0 Å². The van der Waals surface area contributed by atoms with Crippen molar-refractivity contribution in [3.05, 3.63) is 105 Å². The molecular weight excluding hydrogens is 500 g/mol. The maximum atomic E-state index is 13.9. The second-order valence-corrected chi connectivity index (χ2v) is 10.2. The van der Waals surface area contributed by atoms with E-state index in [0.717, 1.165) is 38.7 Å². The molecular formula is C30H35BrN2O2.